The molecule has 0 bridgehead atoms. The number of hydrogen-bond acceptors (Lipinski definition) is 4. The monoisotopic (exact) mass is 306 g/mol. The Hall–Kier alpha value is -2.44. The van der Waals surface area contributed by atoms with Crippen LogP contribution in [0.1, 0.15) is 12.5 Å². The van der Waals surface area contributed by atoms with E-state index in [1.165, 1.54) is 16.7 Å². The summed E-state index contributed by atoms with van der Waals surface area (Å²) in [5.41, 5.74) is 0.835. The molecule has 1 unspecified atom stereocenters. The minimum atomic E-state index is -0.721. The van der Waals surface area contributed by atoms with E-state index in [9.17, 15) is 14.4 Å². The van der Waals surface area contributed by atoms with E-state index in [-0.39, 0.29) is 24.3 Å². The van der Waals surface area contributed by atoms with Gasteiger partial charge in [0, 0.05) is 46.9 Å². The molecule has 1 aromatic heterocycles. The maximum atomic E-state index is 12.5. The van der Waals surface area contributed by atoms with Gasteiger partial charge in [-0.1, -0.05) is 6.07 Å². The van der Waals surface area contributed by atoms with Gasteiger partial charge in [-0.3, -0.25) is 19.4 Å². The lowest BCUT2D eigenvalue weighted by molar-refractivity contribution is -0.140. The molecular formula is C15H22N4O3. The smallest absolute Gasteiger partial charge is 0.245 e. The summed E-state index contributed by atoms with van der Waals surface area (Å²) in [6.45, 7) is 1.32. The van der Waals surface area contributed by atoms with Crippen molar-refractivity contribution in [2.75, 3.05) is 27.7 Å². The van der Waals surface area contributed by atoms with Gasteiger partial charge in [-0.25, -0.2) is 0 Å². The maximum absolute atomic E-state index is 12.5. The number of hydrogen-bond donors (Lipinski definition) is 1. The molecule has 120 valence electrons. The van der Waals surface area contributed by atoms with Crippen molar-refractivity contribution < 1.29 is 14.4 Å². The number of aromatic nitrogens is 1. The number of amides is 3. The SMILES string of the molecule is CC(=O)NC(Cc1cccnc1)C(=O)N(C)CC(=O)N(C)C. The van der Waals surface area contributed by atoms with E-state index < -0.39 is 6.04 Å². The molecule has 1 rings (SSSR count). The van der Waals surface area contributed by atoms with Crippen molar-refractivity contribution in [2.24, 2.45) is 0 Å². The summed E-state index contributed by atoms with van der Waals surface area (Å²) in [5, 5.41) is 2.63. The van der Waals surface area contributed by atoms with Crippen LogP contribution < -0.4 is 5.32 Å². The summed E-state index contributed by atoms with van der Waals surface area (Å²) >= 11 is 0. The molecule has 0 aromatic carbocycles. The van der Waals surface area contributed by atoms with Gasteiger partial charge in [-0.2, -0.15) is 0 Å². The van der Waals surface area contributed by atoms with E-state index in [1.54, 1.807) is 39.6 Å². The third-order valence-corrected chi connectivity index (χ3v) is 3.09. The molecule has 7 nitrogen and oxygen atoms in total. The van der Waals surface area contributed by atoms with Crippen LogP contribution in [-0.2, 0) is 20.8 Å². The molecule has 1 heterocycles. The highest BCUT2D eigenvalue weighted by molar-refractivity contribution is 5.90. The molecule has 1 N–H and O–H groups in total. The van der Waals surface area contributed by atoms with Gasteiger partial charge < -0.3 is 15.1 Å². The molecule has 7 heteroatoms. The van der Waals surface area contributed by atoms with Gasteiger partial charge in [0.2, 0.25) is 17.7 Å². The summed E-state index contributed by atoms with van der Waals surface area (Å²) in [6.07, 6.45) is 3.61. The Labute approximate surface area is 130 Å². The third-order valence-electron chi connectivity index (χ3n) is 3.09. The van der Waals surface area contributed by atoms with Crippen molar-refractivity contribution >= 4 is 17.7 Å². The van der Waals surface area contributed by atoms with Gasteiger partial charge in [0.25, 0.3) is 0 Å². The van der Waals surface area contributed by atoms with E-state index in [2.05, 4.69) is 10.3 Å². The molecule has 3 amide bonds. The average Bonchev–Trinajstić information content (AvgIpc) is 2.46. The first-order valence-corrected chi connectivity index (χ1v) is 6.92. The lowest BCUT2D eigenvalue weighted by atomic mass is 10.1. The van der Waals surface area contributed by atoms with Gasteiger partial charge in [-0.05, 0) is 11.6 Å². The quantitative estimate of drug-likeness (QED) is 0.780. The van der Waals surface area contributed by atoms with Gasteiger partial charge >= 0.3 is 0 Å². The maximum Gasteiger partial charge on any atom is 0.245 e. The zero-order chi connectivity index (χ0) is 16.7. The molecule has 0 fully saturated rings. The van der Waals surface area contributed by atoms with Gasteiger partial charge in [0.1, 0.15) is 6.04 Å². The van der Waals surface area contributed by atoms with Crippen LogP contribution in [0, 0.1) is 0 Å². The fourth-order valence-corrected chi connectivity index (χ4v) is 1.89. The molecule has 1 atom stereocenters. The molecule has 0 aliphatic rings. The first kappa shape index (κ1) is 17.6. The highest BCUT2D eigenvalue weighted by Gasteiger charge is 2.25. The molecule has 0 aliphatic carbocycles. The van der Waals surface area contributed by atoms with E-state index in [1.807, 2.05) is 6.07 Å². The predicted octanol–water partition coefficient (Wildman–Crippen LogP) is -0.325. The Morgan fingerprint density at radius 1 is 1.27 bits per heavy atom. The zero-order valence-electron chi connectivity index (χ0n) is 13.4. The van der Waals surface area contributed by atoms with Crippen molar-refractivity contribution in [3.05, 3.63) is 30.1 Å². The molecule has 0 radical (unpaired) electrons. The largest absolute Gasteiger partial charge is 0.347 e. The number of nitrogens with one attached hydrogen (secondary N) is 1. The first-order chi connectivity index (χ1) is 10.3. The van der Waals surface area contributed by atoms with Crippen LogP contribution in [0.15, 0.2) is 24.5 Å². The Morgan fingerprint density at radius 2 is 1.95 bits per heavy atom. The van der Waals surface area contributed by atoms with Crippen LogP contribution in [0.4, 0.5) is 0 Å². The Bertz CT molecular complexity index is 531. The summed E-state index contributed by atoms with van der Waals surface area (Å²) in [6, 6.07) is 2.88. The lowest BCUT2D eigenvalue weighted by Gasteiger charge is -2.25. The molecule has 22 heavy (non-hydrogen) atoms. The normalized spacial score (nSPS) is 11.5. The topological polar surface area (TPSA) is 82.6 Å². The van der Waals surface area contributed by atoms with Crippen molar-refractivity contribution in [2.45, 2.75) is 19.4 Å². The number of likely N-dealkylation sites (N-methyl/N-ethyl adjacent to an activating group) is 2. The Kier molecular flexibility index (Phi) is 6.49. The van der Waals surface area contributed by atoms with Crippen molar-refractivity contribution in [1.82, 2.24) is 20.1 Å². The Balaban J connectivity index is 2.79. The second-order valence-electron chi connectivity index (χ2n) is 5.30. The summed E-state index contributed by atoms with van der Waals surface area (Å²) < 4.78 is 0. The fourth-order valence-electron chi connectivity index (χ4n) is 1.89. The van der Waals surface area contributed by atoms with E-state index in [0.29, 0.717) is 6.42 Å². The van der Waals surface area contributed by atoms with Crippen molar-refractivity contribution in [1.29, 1.82) is 0 Å². The van der Waals surface area contributed by atoms with Crippen molar-refractivity contribution in [3.63, 3.8) is 0 Å². The standard InChI is InChI=1S/C15H22N4O3/c1-11(20)17-13(8-12-6-5-7-16-9-12)15(22)19(4)10-14(21)18(2)3/h5-7,9,13H,8,10H2,1-4H3,(H,17,20). The fraction of sp³-hybridized carbons (Fsp3) is 0.467. The average molecular weight is 306 g/mol. The lowest BCUT2D eigenvalue weighted by Crippen LogP contribution is -2.50. The van der Waals surface area contributed by atoms with Crippen molar-refractivity contribution in [3.8, 4) is 0 Å². The van der Waals surface area contributed by atoms with Crippen LogP contribution in [-0.4, -0.2) is 66.2 Å². The number of nitrogens with zero attached hydrogens (tertiary/aromatic N) is 3. The van der Waals surface area contributed by atoms with Gasteiger partial charge in [0.05, 0.1) is 6.54 Å². The second-order valence-corrected chi connectivity index (χ2v) is 5.30. The summed E-state index contributed by atoms with van der Waals surface area (Å²) in [4.78, 5) is 42.2. The molecule has 1 aromatic rings. The third kappa shape index (κ3) is 5.51. The predicted molar refractivity (Wildman–Crippen MR) is 81.9 cm³/mol. The molecule has 0 saturated heterocycles. The highest BCUT2D eigenvalue weighted by atomic mass is 16.2. The van der Waals surface area contributed by atoms with Crippen LogP contribution in [0.2, 0.25) is 0 Å². The number of rotatable bonds is 6. The zero-order valence-corrected chi connectivity index (χ0v) is 13.4. The first-order valence-electron chi connectivity index (χ1n) is 6.92. The molecular weight excluding hydrogens is 284 g/mol. The van der Waals surface area contributed by atoms with Crippen LogP contribution in [0.3, 0.4) is 0 Å². The van der Waals surface area contributed by atoms with E-state index >= 15 is 0 Å². The summed E-state index contributed by atoms with van der Waals surface area (Å²) in [7, 11) is 4.80. The highest BCUT2D eigenvalue weighted by Crippen LogP contribution is 2.05. The van der Waals surface area contributed by atoms with Crippen LogP contribution in [0.25, 0.3) is 0 Å². The summed E-state index contributed by atoms with van der Waals surface area (Å²) in [5.74, 6) is -0.789. The van der Waals surface area contributed by atoms with E-state index in [4.69, 9.17) is 0 Å². The molecule has 0 spiro atoms. The van der Waals surface area contributed by atoms with Gasteiger partial charge in [0.15, 0.2) is 0 Å². The number of carbonyl (C=O) groups is 3. The minimum Gasteiger partial charge on any atom is -0.347 e. The van der Waals surface area contributed by atoms with Crippen LogP contribution >= 0.6 is 0 Å². The van der Waals surface area contributed by atoms with Crippen LogP contribution in [0.5, 0.6) is 0 Å². The molecule has 0 aliphatic heterocycles. The number of carbonyl (C=O) groups excluding carboxylic acids is 3. The van der Waals surface area contributed by atoms with E-state index in [0.717, 1.165) is 5.56 Å². The number of pyridine rings is 1. The minimum absolute atomic E-state index is 0.0328. The second kappa shape index (κ2) is 8.11. The Morgan fingerprint density at radius 3 is 2.45 bits per heavy atom. The molecule has 0 saturated carbocycles. The van der Waals surface area contributed by atoms with Gasteiger partial charge in [-0.15, -0.1) is 0 Å².